The largest absolute Gasteiger partial charge is 0.199 e. The summed E-state index contributed by atoms with van der Waals surface area (Å²) in [4.78, 5) is 0.369. The fraction of sp³-hybridized carbons (Fsp3) is 0.600. The van der Waals surface area contributed by atoms with Gasteiger partial charge in [-0.2, -0.15) is 5.10 Å². The van der Waals surface area contributed by atoms with Crippen LogP contribution < -0.4 is 0 Å². The lowest BCUT2D eigenvalue weighted by Gasteiger charge is -2.22. The normalized spacial score (nSPS) is 15.6. The van der Waals surface area contributed by atoms with E-state index in [4.69, 9.17) is 0 Å². The minimum absolute atomic E-state index is 0.355. The van der Waals surface area contributed by atoms with Crippen LogP contribution >= 0.6 is 15.9 Å². The number of tetrazole rings is 1. The molecule has 0 fully saturated rings. The molecule has 0 aromatic carbocycles. The van der Waals surface area contributed by atoms with Crippen molar-refractivity contribution in [3.05, 3.63) is 17.8 Å². The van der Waals surface area contributed by atoms with E-state index >= 15 is 0 Å². The van der Waals surface area contributed by atoms with Crippen LogP contribution in [-0.4, -0.2) is 30.1 Å². The molecule has 2 aromatic rings. The van der Waals surface area contributed by atoms with Crippen molar-refractivity contribution < 1.29 is 0 Å². The maximum atomic E-state index is 4.43. The first-order valence-electron chi connectivity index (χ1n) is 5.29. The molecule has 0 bridgehead atoms. The van der Waals surface area contributed by atoms with E-state index in [0.717, 1.165) is 5.69 Å². The van der Waals surface area contributed by atoms with E-state index in [2.05, 4.69) is 57.3 Å². The Balaban J connectivity index is 2.44. The van der Waals surface area contributed by atoms with E-state index in [1.54, 1.807) is 0 Å². The number of halogens is 1. The number of hydrogen-bond acceptors (Lipinski definition) is 4. The Morgan fingerprint density at radius 3 is 2.62 bits per heavy atom. The average molecular weight is 284 g/mol. The van der Waals surface area contributed by atoms with Gasteiger partial charge in [0, 0.05) is 10.7 Å². The van der Waals surface area contributed by atoms with Crippen molar-refractivity contribution in [2.45, 2.75) is 31.5 Å². The van der Waals surface area contributed by atoms with Gasteiger partial charge in [0.05, 0.1) is 5.69 Å². The van der Waals surface area contributed by atoms with Crippen molar-refractivity contribution in [3.8, 4) is 0 Å². The molecule has 6 heteroatoms. The lowest BCUT2D eigenvalue weighted by Crippen LogP contribution is -2.18. The van der Waals surface area contributed by atoms with E-state index in [9.17, 15) is 0 Å². The molecule has 2 rings (SSSR count). The maximum absolute atomic E-state index is 4.43. The van der Waals surface area contributed by atoms with Crippen molar-refractivity contribution >= 4 is 21.6 Å². The molecule has 2 aromatic heterocycles. The quantitative estimate of drug-likeness (QED) is 0.809. The third kappa shape index (κ3) is 2.07. The Morgan fingerprint density at radius 1 is 1.25 bits per heavy atom. The molecule has 2 heterocycles. The Morgan fingerprint density at radius 2 is 2.00 bits per heavy atom. The molecular weight excluding hydrogens is 270 g/mol. The molecule has 0 spiro atoms. The van der Waals surface area contributed by atoms with Gasteiger partial charge in [0.15, 0.2) is 5.65 Å². The standard InChI is InChI=1S/C10H14BrN5/c1-6(2)10(7(3)11)8-4-5-9-12-14-15-16(9)13-8/h4-7,10H,1-3H3. The number of nitrogens with zero attached hydrogens (tertiary/aromatic N) is 5. The lowest BCUT2D eigenvalue weighted by molar-refractivity contribution is 0.478. The molecule has 0 N–H and O–H groups in total. The molecule has 5 nitrogen and oxygen atoms in total. The van der Waals surface area contributed by atoms with Crippen LogP contribution in [0.4, 0.5) is 0 Å². The molecule has 0 saturated carbocycles. The molecule has 0 saturated heterocycles. The minimum atomic E-state index is 0.355. The minimum Gasteiger partial charge on any atom is -0.152 e. The summed E-state index contributed by atoms with van der Waals surface area (Å²) in [5, 5.41) is 15.7. The number of rotatable bonds is 3. The Labute approximate surface area is 102 Å². The predicted molar refractivity (Wildman–Crippen MR) is 64.5 cm³/mol. The Bertz CT molecular complexity index is 471. The summed E-state index contributed by atoms with van der Waals surface area (Å²) >= 11 is 3.63. The van der Waals surface area contributed by atoms with Gasteiger partial charge < -0.3 is 0 Å². The SMILES string of the molecule is CC(C)C(c1ccc2nnnn2n1)C(C)Br. The van der Waals surface area contributed by atoms with Crippen LogP contribution in [0.3, 0.4) is 0 Å². The highest BCUT2D eigenvalue weighted by atomic mass is 79.9. The highest BCUT2D eigenvalue weighted by Gasteiger charge is 2.22. The lowest BCUT2D eigenvalue weighted by atomic mass is 9.90. The summed E-state index contributed by atoms with van der Waals surface area (Å²) in [7, 11) is 0. The third-order valence-electron chi connectivity index (χ3n) is 2.64. The zero-order valence-corrected chi connectivity index (χ0v) is 11.1. The van der Waals surface area contributed by atoms with Crippen LogP contribution in [-0.2, 0) is 0 Å². The first-order valence-corrected chi connectivity index (χ1v) is 6.20. The van der Waals surface area contributed by atoms with Gasteiger partial charge in [0.25, 0.3) is 0 Å². The van der Waals surface area contributed by atoms with Gasteiger partial charge in [-0.1, -0.05) is 36.7 Å². The van der Waals surface area contributed by atoms with Crippen molar-refractivity contribution in [2.24, 2.45) is 5.92 Å². The second-order valence-corrected chi connectivity index (χ2v) is 5.68. The number of fused-ring (bicyclic) bond motifs is 1. The average Bonchev–Trinajstić information content (AvgIpc) is 2.63. The highest BCUT2D eigenvalue weighted by Crippen LogP contribution is 2.30. The molecule has 2 unspecified atom stereocenters. The van der Waals surface area contributed by atoms with Gasteiger partial charge in [0.2, 0.25) is 0 Å². The van der Waals surface area contributed by atoms with E-state index in [1.165, 1.54) is 4.63 Å². The van der Waals surface area contributed by atoms with Crippen LogP contribution in [0.25, 0.3) is 5.65 Å². The summed E-state index contributed by atoms with van der Waals surface area (Å²) in [6, 6.07) is 3.89. The van der Waals surface area contributed by atoms with Crippen molar-refractivity contribution in [1.82, 2.24) is 25.3 Å². The maximum Gasteiger partial charge on any atom is 0.199 e. The third-order valence-corrected chi connectivity index (χ3v) is 3.21. The van der Waals surface area contributed by atoms with Crippen LogP contribution in [0.5, 0.6) is 0 Å². The predicted octanol–water partition coefficient (Wildman–Crippen LogP) is 2.04. The number of alkyl halides is 1. The van der Waals surface area contributed by atoms with E-state index in [0.29, 0.717) is 22.3 Å². The highest BCUT2D eigenvalue weighted by molar-refractivity contribution is 9.09. The molecule has 0 aliphatic carbocycles. The topological polar surface area (TPSA) is 56.0 Å². The van der Waals surface area contributed by atoms with Crippen LogP contribution in [0, 0.1) is 5.92 Å². The fourth-order valence-corrected chi connectivity index (χ4v) is 2.83. The van der Waals surface area contributed by atoms with E-state index < -0.39 is 0 Å². The summed E-state index contributed by atoms with van der Waals surface area (Å²) < 4.78 is 1.47. The van der Waals surface area contributed by atoms with Gasteiger partial charge in [-0.25, -0.2) is 0 Å². The summed E-state index contributed by atoms with van der Waals surface area (Å²) in [5.74, 6) is 0.865. The summed E-state index contributed by atoms with van der Waals surface area (Å²) in [6.45, 7) is 6.51. The monoisotopic (exact) mass is 283 g/mol. The summed E-state index contributed by atoms with van der Waals surface area (Å²) in [5.41, 5.74) is 1.69. The Kier molecular flexibility index (Phi) is 3.18. The smallest absolute Gasteiger partial charge is 0.152 e. The van der Waals surface area contributed by atoms with E-state index in [-0.39, 0.29) is 0 Å². The molecule has 0 amide bonds. The zero-order chi connectivity index (χ0) is 11.7. The van der Waals surface area contributed by atoms with Gasteiger partial charge in [-0.15, -0.1) is 9.73 Å². The molecule has 16 heavy (non-hydrogen) atoms. The van der Waals surface area contributed by atoms with Crippen LogP contribution in [0.1, 0.15) is 32.4 Å². The van der Waals surface area contributed by atoms with Gasteiger partial charge in [-0.05, 0) is 28.5 Å². The fourth-order valence-electron chi connectivity index (χ4n) is 1.95. The van der Waals surface area contributed by atoms with Crippen LogP contribution in [0.2, 0.25) is 0 Å². The number of aromatic nitrogens is 5. The molecule has 0 aliphatic heterocycles. The number of hydrogen-bond donors (Lipinski definition) is 0. The Hall–Kier alpha value is -1.04. The first kappa shape index (κ1) is 11.4. The second kappa shape index (κ2) is 4.45. The molecule has 0 radical (unpaired) electrons. The van der Waals surface area contributed by atoms with Gasteiger partial charge in [0.1, 0.15) is 0 Å². The molecule has 2 atom stereocenters. The molecular formula is C10H14BrN5. The van der Waals surface area contributed by atoms with Crippen molar-refractivity contribution in [1.29, 1.82) is 0 Å². The van der Waals surface area contributed by atoms with E-state index in [1.807, 2.05) is 12.1 Å². The zero-order valence-electron chi connectivity index (χ0n) is 9.50. The second-order valence-electron chi connectivity index (χ2n) is 4.23. The van der Waals surface area contributed by atoms with Crippen LogP contribution in [0.15, 0.2) is 12.1 Å². The molecule has 0 aliphatic rings. The van der Waals surface area contributed by atoms with Crippen molar-refractivity contribution in [3.63, 3.8) is 0 Å². The van der Waals surface area contributed by atoms with Gasteiger partial charge in [-0.3, -0.25) is 0 Å². The van der Waals surface area contributed by atoms with Gasteiger partial charge >= 0.3 is 0 Å². The summed E-state index contributed by atoms with van der Waals surface area (Å²) in [6.07, 6.45) is 0. The van der Waals surface area contributed by atoms with Crippen molar-refractivity contribution in [2.75, 3.05) is 0 Å². The molecule has 86 valence electrons. The first-order chi connectivity index (χ1) is 7.59.